The maximum absolute atomic E-state index is 11.1. The Bertz CT molecular complexity index is 615. The van der Waals surface area contributed by atoms with Crippen LogP contribution in [0.3, 0.4) is 0 Å². The number of rotatable bonds is 6. The summed E-state index contributed by atoms with van der Waals surface area (Å²) >= 11 is 0. The van der Waals surface area contributed by atoms with Crippen LogP contribution in [0.5, 0.6) is 0 Å². The first-order chi connectivity index (χ1) is 9.65. The molecule has 20 heavy (non-hydrogen) atoms. The third kappa shape index (κ3) is 3.04. The molecule has 0 amide bonds. The molecule has 0 saturated heterocycles. The molecule has 6 nitrogen and oxygen atoms in total. The van der Waals surface area contributed by atoms with Gasteiger partial charge in [-0.15, -0.1) is 0 Å². The second-order valence-corrected chi connectivity index (χ2v) is 4.35. The Morgan fingerprint density at radius 2 is 2.20 bits per heavy atom. The molecule has 0 bridgehead atoms. The number of ether oxygens (including phenoxy) is 1. The summed E-state index contributed by atoms with van der Waals surface area (Å²) in [6.07, 6.45) is 0. The standard InChI is InChI=1S/C14H16N2O4/c1-20-8-9(7-17)15-13-6-5-10-11(14(18)19)3-2-4-12(10)16-13/h2-6,9,17H,7-8H2,1H3,(H,15,16)(H,18,19). The van der Waals surface area contributed by atoms with E-state index in [2.05, 4.69) is 10.3 Å². The molecule has 6 heteroatoms. The minimum absolute atomic E-state index is 0.0806. The number of anilines is 1. The molecule has 106 valence electrons. The van der Waals surface area contributed by atoms with Gasteiger partial charge >= 0.3 is 5.97 Å². The number of aromatic carboxylic acids is 1. The Morgan fingerprint density at radius 1 is 1.40 bits per heavy atom. The highest BCUT2D eigenvalue weighted by atomic mass is 16.5. The van der Waals surface area contributed by atoms with Gasteiger partial charge < -0.3 is 20.3 Å². The maximum atomic E-state index is 11.1. The Morgan fingerprint density at radius 3 is 2.85 bits per heavy atom. The predicted octanol–water partition coefficient (Wildman–Crippen LogP) is 1.35. The normalized spacial score (nSPS) is 12.3. The van der Waals surface area contributed by atoms with Crippen molar-refractivity contribution in [1.82, 2.24) is 4.98 Å². The summed E-state index contributed by atoms with van der Waals surface area (Å²) in [7, 11) is 1.55. The number of benzene rings is 1. The van der Waals surface area contributed by atoms with Crippen molar-refractivity contribution in [3.8, 4) is 0 Å². The molecule has 0 radical (unpaired) electrons. The number of hydrogen-bond donors (Lipinski definition) is 3. The van der Waals surface area contributed by atoms with E-state index < -0.39 is 5.97 Å². The fourth-order valence-corrected chi connectivity index (χ4v) is 1.97. The number of nitrogens with zero attached hydrogens (tertiary/aromatic N) is 1. The molecule has 1 heterocycles. The second kappa shape index (κ2) is 6.31. The molecular formula is C14H16N2O4. The number of carbonyl (C=O) groups is 1. The van der Waals surface area contributed by atoms with Crippen LogP contribution in [-0.4, -0.2) is 47.5 Å². The lowest BCUT2D eigenvalue weighted by Crippen LogP contribution is -2.29. The van der Waals surface area contributed by atoms with Gasteiger partial charge in [0.25, 0.3) is 0 Å². The first kappa shape index (κ1) is 14.2. The third-order valence-corrected chi connectivity index (χ3v) is 2.90. The van der Waals surface area contributed by atoms with E-state index in [4.69, 9.17) is 9.84 Å². The molecule has 1 aromatic heterocycles. The SMILES string of the molecule is COCC(CO)Nc1ccc2c(C(=O)O)cccc2n1. The van der Waals surface area contributed by atoms with Gasteiger partial charge in [-0.2, -0.15) is 0 Å². The van der Waals surface area contributed by atoms with Gasteiger partial charge in [0.05, 0.1) is 30.3 Å². The largest absolute Gasteiger partial charge is 0.478 e. The Labute approximate surface area is 116 Å². The number of nitrogens with one attached hydrogen (secondary N) is 1. The Hall–Kier alpha value is -2.18. The van der Waals surface area contributed by atoms with E-state index in [0.29, 0.717) is 23.3 Å². The molecule has 0 spiro atoms. The molecule has 0 aliphatic heterocycles. The number of hydrogen-bond acceptors (Lipinski definition) is 5. The molecule has 1 atom stereocenters. The van der Waals surface area contributed by atoms with E-state index in [1.54, 1.807) is 37.4 Å². The van der Waals surface area contributed by atoms with Crippen LogP contribution >= 0.6 is 0 Å². The van der Waals surface area contributed by atoms with Crippen molar-refractivity contribution in [2.45, 2.75) is 6.04 Å². The lowest BCUT2D eigenvalue weighted by Gasteiger charge is -2.16. The molecule has 2 aromatic rings. The van der Waals surface area contributed by atoms with E-state index in [9.17, 15) is 9.90 Å². The monoisotopic (exact) mass is 276 g/mol. The molecule has 0 fully saturated rings. The molecule has 0 aliphatic carbocycles. The van der Waals surface area contributed by atoms with Gasteiger partial charge in [0.1, 0.15) is 5.82 Å². The molecule has 0 aliphatic rings. The first-order valence-corrected chi connectivity index (χ1v) is 6.15. The zero-order valence-corrected chi connectivity index (χ0v) is 11.0. The highest BCUT2D eigenvalue weighted by Gasteiger charge is 2.11. The van der Waals surface area contributed by atoms with Gasteiger partial charge in [-0.05, 0) is 24.3 Å². The number of carboxylic acid groups (broad SMARTS) is 1. The number of methoxy groups -OCH3 is 1. The summed E-state index contributed by atoms with van der Waals surface area (Å²) in [4.78, 5) is 15.5. The first-order valence-electron chi connectivity index (χ1n) is 6.15. The van der Waals surface area contributed by atoms with Crippen molar-refractivity contribution in [2.24, 2.45) is 0 Å². The van der Waals surface area contributed by atoms with E-state index in [-0.39, 0.29) is 18.2 Å². The van der Waals surface area contributed by atoms with Crippen molar-refractivity contribution in [3.63, 3.8) is 0 Å². The fraction of sp³-hybridized carbons (Fsp3) is 0.286. The Balaban J connectivity index is 2.32. The van der Waals surface area contributed by atoms with Crippen molar-refractivity contribution < 1.29 is 19.7 Å². The van der Waals surface area contributed by atoms with Gasteiger partial charge in [-0.25, -0.2) is 9.78 Å². The zero-order valence-electron chi connectivity index (χ0n) is 11.0. The van der Waals surface area contributed by atoms with Crippen LogP contribution in [0.25, 0.3) is 10.9 Å². The predicted molar refractivity (Wildman–Crippen MR) is 75.1 cm³/mol. The summed E-state index contributed by atoms with van der Waals surface area (Å²) in [5.41, 5.74) is 0.807. The minimum Gasteiger partial charge on any atom is -0.478 e. The lowest BCUT2D eigenvalue weighted by atomic mass is 10.1. The maximum Gasteiger partial charge on any atom is 0.336 e. The Kier molecular flexibility index (Phi) is 4.49. The van der Waals surface area contributed by atoms with Crippen LogP contribution in [0.1, 0.15) is 10.4 Å². The van der Waals surface area contributed by atoms with Crippen LogP contribution < -0.4 is 5.32 Å². The van der Waals surface area contributed by atoms with E-state index in [1.165, 1.54) is 0 Å². The van der Waals surface area contributed by atoms with E-state index >= 15 is 0 Å². The highest BCUT2D eigenvalue weighted by Crippen LogP contribution is 2.19. The highest BCUT2D eigenvalue weighted by molar-refractivity contribution is 6.02. The van der Waals surface area contributed by atoms with Crippen molar-refractivity contribution in [1.29, 1.82) is 0 Å². The van der Waals surface area contributed by atoms with Gasteiger partial charge in [-0.3, -0.25) is 0 Å². The van der Waals surface area contributed by atoms with Gasteiger partial charge in [-0.1, -0.05) is 6.07 Å². The van der Waals surface area contributed by atoms with Crippen LogP contribution in [0.4, 0.5) is 5.82 Å². The molecule has 0 saturated carbocycles. The molecule has 1 aromatic carbocycles. The number of pyridine rings is 1. The zero-order chi connectivity index (χ0) is 14.5. The molecular weight excluding hydrogens is 260 g/mol. The number of carboxylic acids is 1. The van der Waals surface area contributed by atoms with Crippen LogP contribution in [0.2, 0.25) is 0 Å². The summed E-state index contributed by atoms with van der Waals surface area (Å²) in [5, 5.41) is 21.9. The van der Waals surface area contributed by atoms with Gasteiger partial charge in [0.15, 0.2) is 0 Å². The average molecular weight is 276 g/mol. The third-order valence-electron chi connectivity index (χ3n) is 2.90. The number of fused-ring (bicyclic) bond motifs is 1. The summed E-state index contributed by atoms with van der Waals surface area (Å²) in [5.74, 6) is -0.415. The quantitative estimate of drug-likeness (QED) is 0.737. The minimum atomic E-state index is -0.981. The number of aromatic nitrogens is 1. The second-order valence-electron chi connectivity index (χ2n) is 4.35. The van der Waals surface area contributed by atoms with E-state index in [0.717, 1.165) is 0 Å². The summed E-state index contributed by atoms with van der Waals surface area (Å²) < 4.78 is 4.98. The topological polar surface area (TPSA) is 91.7 Å². The fourth-order valence-electron chi connectivity index (χ4n) is 1.97. The van der Waals surface area contributed by atoms with Crippen LogP contribution in [0, 0.1) is 0 Å². The van der Waals surface area contributed by atoms with E-state index in [1.807, 2.05) is 0 Å². The summed E-state index contributed by atoms with van der Waals surface area (Å²) in [6.45, 7) is 0.272. The molecule has 1 unspecified atom stereocenters. The van der Waals surface area contributed by atoms with Crippen LogP contribution in [-0.2, 0) is 4.74 Å². The molecule has 2 rings (SSSR count). The van der Waals surface area contributed by atoms with Crippen molar-refractivity contribution >= 4 is 22.7 Å². The van der Waals surface area contributed by atoms with Crippen molar-refractivity contribution in [2.75, 3.05) is 25.6 Å². The number of aliphatic hydroxyl groups excluding tert-OH is 1. The lowest BCUT2D eigenvalue weighted by molar-refractivity contribution is 0.0699. The molecule has 3 N–H and O–H groups in total. The smallest absolute Gasteiger partial charge is 0.336 e. The number of aliphatic hydroxyl groups is 1. The average Bonchev–Trinajstić information content (AvgIpc) is 2.45. The van der Waals surface area contributed by atoms with Crippen LogP contribution in [0.15, 0.2) is 30.3 Å². The van der Waals surface area contributed by atoms with Crippen molar-refractivity contribution in [3.05, 3.63) is 35.9 Å². The van der Waals surface area contributed by atoms with Gasteiger partial charge in [0.2, 0.25) is 0 Å². The van der Waals surface area contributed by atoms with Gasteiger partial charge in [0, 0.05) is 12.5 Å². The summed E-state index contributed by atoms with van der Waals surface area (Å²) in [6, 6.07) is 8.08.